The lowest BCUT2D eigenvalue weighted by atomic mass is 9.33. The number of Topliss-reactive ketones (excluding diaryl/α,β-unsaturated/α-hetero) is 1. The van der Waals surface area contributed by atoms with Crippen LogP contribution in [0.1, 0.15) is 143 Å². The Labute approximate surface area is 299 Å². The smallest absolute Gasteiger partial charge is 0.309 e. The predicted octanol–water partition coefficient (Wildman–Crippen LogP) is 8.27. The number of hydrogen-bond acceptors (Lipinski definition) is 6. The van der Waals surface area contributed by atoms with E-state index in [9.17, 15) is 24.3 Å². The number of pyridine rings is 1. The highest BCUT2D eigenvalue weighted by atomic mass is 16.5. The zero-order chi connectivity index (χ0) is 36.8. The van der Waals surface area contributed by atoms with Gasteiger partial charge in [0.1, 0.15) is 6.10 Å². The fraction of sp³-hybridized carbons (Fsp3) is 0.738. The highest BCUT2D eigenvalue weighted by Crippen LogP contribution is 2.76. The molecule has 0 bridgehead atoms. The summed E-state index contributed by atoms with van der Waals surface area (Å²) in [5.74, 6) is -0.264. The maximum Gasteiger partial charge on any atom is 0.309 e. The number of carboxylic acid groups (broad SMARTS) is 1. The zero-order valence-corrected chi connectivity index (χ0v) is 32.1. The summed E-state index contributed by atoms with van der Waals surface area (Å²) < 4.78 is 6.15. The number of ketones is 1. The van der Waals surface area contributed by atoms with Gasteiger partial charge in [0.2, 0.25) is 0 Å². The highest BCUT2D eigenvalue weighted by molar-refractivity contribution is 6.03. The number of nitrogens with one attached hydrogen (secondary N) is 1. The van der Waals surface area contributed by atoms with Crippen LogP contribution in [0.2, 0.25) is 0 Å². The van der Waals surface area contributed by atoms with E-state index in [1.54, 1.807) is 26.1 Å². The summed E-state index contributed by atoms with van der Waals surface area (Å²) in [5.41, 5.74) is 1.37. The number of fused-ring (bicyclic) bond motifs is 7. The van der Waals surface area contributed by atoms with Gasteiger partial charge in [-0.15, -0.1) is 0 Å². The number of aliphatic carboxylic acids is 1. The first-order valence-electron chi connectivity index (χ1n) is 19.1. The van der Waals surface area contributed by atoms with Crippen LogP contribution in [0.5, 0.6) is 0 Å². The number of allylic oxidation sites excluding steroid dienone is 1. The van der Waals surface area contributed by atoms with Gasteiger partial charge in [0.25, 0.3) is 5.91 Å². The van der Waals surface area contributed by atoms with Crippen LogP contribution in [0.4, 0.5) is 0 Å². The Kier molecular flexibility index (Phi) is 8.83. The van der Waals surface area contributed by atoms with E-state index in [2.05, 4.69) is 58.8 Å². The van der Waals surface area contributed by atoms with Gasteiger partial charge in [-0.25, -0.2) is 0 Å². The Morgan fingerprint density at radius 3 is 2.32 bits per heavy atom. The van der Waals surface area contributed by atoms with Crippen LogP contribution in [0.15, 0.2) is 29.5 Å². The molecule has 5 aliphatic rings. The molecule has 6 rings (SSSR count). The van der Waals surface area contributed by atoms with Crippen molar-refractivity contribution < 1.29 is 29.0 Å². The average Bonchev–Trinajstić information content (AvgIpc) is 3.30. The van der Waals surface area contributed by atoms with Crippen LogP contribution in [0, 0.1) is 57.7 Å². The molecule has 1 heterocycles. The van der Waals surface area contributed by atoms with Gasteiger partial charge in [0.15, 0.2) is 5.78 Å². The van der Waals surface area contributed by atoms with Crippen molar-refractivity contribution in [1.82, 2.24) is 10.3 Å². The molecule has 1 amide bonds. The van der Waals surface area contributed by atoms with Crippen molar-refractivity contribution >= 4 is 23.6 Å². The van der Waals surface area contributed by atoms with Crippen LogP contribution in [-0.4, -0.2) is 45.4 Å². The third kappa shape index (κ3) is 5.31. The molecule has 50 heavy (non-hydrogen) atoms. The number of esters is 1. The number of carboxylic acids is 1. The van der Waals surface area contributed by atoms with E-state index in [-0.39, 0.29) is 57.7 Å². The van der Waals surface area contributed by atoms with Gasteiger partial charge in [-0.3, -0.25) is 24.2 Å². The third-order valence-electron chi connectivity index (χ3n) is 15.4. The van der Waals surface area contributed by atoms with Crippen LogP contribution in [0.3, 0.4) is 0 Å². The van der Waals surface area contributed by atoms with Crippen LogP contribution in [0.25, 0.3) is 0 Å². The Morgan fingerprint density at radius 1 is 0.980 bits per heavy atom. The molecular weight excluding hydrogens is 628 g/mol. The average molecular weight is 689 g/mol. The molecule has 274 valence electrons. The van der Waals surface area contributed by atoms with Gasteiger partial charge < -0.3 is 15.2 Å². The number of ether oxygens (including phenoxy) is 1. The first-order valence-corrected chi connectivity index (χ1v) is 19.1. The molecule has 4 fully saturated rings. The Bertz CT molecular complexity index is 1640. The summed E-state index contributed by atoms with van der Waals surface area (Å²) in [6.07, 6.45) is 9.23. The molecule has 5 unspecified atom stereocenters. The van der Waals surface area contributed by atoms with E-state index in [1.807, 2.05) is 13.0 Å². The number of carbonyl (C=O) groups is 4. The minimum absolute atomic E-state index is 0.0309. The monoisotopic (exact) mass is 688 g/mol. The lowest BCUT2D eigenvalue weighted by molar-refractivity contribution is -0.232. The van der Waals surface area contributed by atoms with Gasteiger partial charge in [-0.2, -0.15) is 0 Å². The molecule has 4 saturated carbocycles. The second-order valence-corrected chi connectivity index (χ2v) is 19.1. The van der Waals surface area contributed by atoms with Crippen LogP contribution < -0.4 is 5.32 Å². The quantitative estimate of drug-likeness (QED) is 0.277. The highest BCUT2D eigenvalue weighted by Gasteiger charge is 2.70. The summed E-state index contributed by atoms with van der Waals surface area (Å²) in [7, 11) is 0. The molecule has 0 aromatic carbocycles. The van der Waals surface area contributed by atoms with Crippen LogP contribution >= 0.6 is 0 Å². The molecule has 5 aliphatic carbocycles. The van der Waals surface area contributed by atoms with Crippen molar-refractivity contribution in [2.24, 2.45) is 50.7 Å². The van der Waals surface area contributed by atoms with E-state index in [0.29, 0.717) is 29.5 Å². The fourth-order valence-corrected chi connectivity index (χ4v) is 12.6. The number of amides is 1. The molecule has 0 spiro atoms. The number of rotatable bonds is 7. The van der Waals surface area contributed by atoms with Gasteiger partial charge >= 0.3 is 11.9 Å². The Balaban J connectivity index is 1.31. The Hall–Kier alpha value is -3.03. The number of nitrogens with zero attached hydrogens (tertiary/aromatic N) is 1. The number of carbonyl (C=O) groups excluding carboxylic acids is 3. The molecule has 1 aromatic heterocycles. The molecule has 8 atom stereocenters. The first kappa shape index (κ1) is 36.8. The fourth-order valence-electron chi connectivity index (χ4n) is 12.6. The summed E-state index contributed by atoms with van der Waals surface area (Å²) >= 11 is 0. The maximum absolute atomic E-state index is 14.0. The number of hydrogen-bond donors (Lipinski definition) is 2. The topological polar surface area (TPSA) is 123 Å². The minimum Gasteiger partial charge on any atom is -0.481 e. The van der Waals surface area contributed by atoms with E-state index < -0.39 is 22.9 Å². The second-order valence-electron chi connectivity index (χ2n) is 19.1. The van der Waals surface area contributed by atoms with Gasteiger partial charge in [0.05, 0.1) is 22.9 Å². The van der Waals surface area contributed by atoms with Gasteiger partial charge in [-0.1, -0.05) is 48.5 Å². The molecule has 0 saturated heterocycles. The Morgan fingerprint density at radius 2 is 1.68 bits per heavy atom. The first-order chi connectivity index (χ1) is 23.1. The predicted molar refractivity (Wildman–Crippen MR) is 192 cm³/mol. The minimum atomic E-state index is -1.17. The summed E-state index contributed by atoms with van der Waals surface area (Å²) in [6, 6.07) is 3.62. The van der Waals surface area contributed by atoms with Crippen molar-refractivity contribution in [3.8, 4) is 0 Å². The lowest BCUT2D eigenvalue weighted by Gasteiger charge is -2.72. The molecule has 2 N–H and O–H groups in total. The molecule has 8 heteroatoms. The van der Waals surface area contributed by atoms with Gasteiger partial charge in [0, 0.05) is 23.7 Å². The van der Waals surface area contributed by atoms with Crippen molar-refractivity contribution in [3.05, 3.63) is 40.7 Å². The largest absolute Gasteiger partial charge is 0.481 e. The summed E-state index contributed by atoms with van der Waals surface area (Å²) in [6.45, 7) is 21.3. The van der Waals surface area contributed by atoms with E-state index in [1.165, 1.54) is 5.57 Å². The summed E-state index contributed by atoms with van der Waals surface area (Å²) in [5, 5.41) is 13.1. The van der Waals surface area contributed by atoms with Crippen molar-refractivity contribution in [2.45, 2.75) is 145 Å². The van der Waals surface area contributed by atoms with Crippen molar-refractivity contribution in [3.63, 3.8) is 0 Å². The lowest BCUT2D eigenvalue weighted by Crippen LogP contribution is -2.67. The van der Waals surface area contributed by atoms with Crippen molar-refractivity contribution in [1.29, 1.82) is 0 Å². The molecule has 0 radical (unpaired) electrons. The third-order valence-corrected chi connectivity index (χ3v) is 15.4. The zero-order valence-electron chi connectivity index (χ0n) is 32.1. The van der Waals surface area contributed by atoms with E-state index >= 15 is 0 Å². The standard InChI is InChI=1S/C42H60N2O6/c1-24(2)33-28(45)22-42(44-35(47)26-12-11-21-43-25(26)3)20-19-40(9)27(34(33)42)13-14-30-39(8)17-16-31(50-32(46)23-37(4,5)36(48)49)38(6,7)29(39)15-18-41(30,40)10/h11-12,21,24,27,29-31H,13-20,22-23H2,1-10H3,(H,44,47)(H,48,49)/t27?,29?,30?,31-,39-,40+,41?,42?/m0/s1. The molecular formula is C42H60N2O6. The second kappa shape index (κ2) is 12.0. The summed E-state index contributed by atoms with van der Waals surface area (Å²) in [4.78, 5) is 57.0. The van der Waals surface area contributed by atoms with Gasteiger partial charge in [-0.05, 0) is 135 Å². The number of aromatic nitrogens is 1. The SMILES string of the molecule is Cc1ncccc1C(=O)NC12CC[C@]3(C)C(CCC4C3(C)CCC3C(C)(C)[C@@H](OC(=O)CC(C)(C)C(=O)O)CC[C@@]34C)C1=C(C(C)C)C(=O)C2. The van der Waals surface area contributed by atoms with Crippen molar-refractivity contribution in [2.75, 3.05) is 0 Å². The number of aryl methyl sites for hydroxylation is 1. The molecule has 1 aromatic rings. The molecule has 8 nitrogen and oxygen atoms in total. The maximum atomic E-state index is 14.0. The van der Waals surface area contributed by atoms with E-state index in [4.69, 9.17) is 4.74 Å². The molecule has 0 aliphatic heterocycles. The normalized spacial score (nSPS) is 37.7. The van der Waals surface area contributed by atoms with E-state index in [0.717, 1.165) is 56.9 Å². The van der Waals surface area contributed by atoms with Crippen LogP contribution in [-0.2, 0) is 19.1 Å².